The van der Waals surface area contributed by atoms with Gasteiger partial charge in [-0.15, -0.1) is 12.4 Å². The first-order chi connectivity index (χ1) is 7.91. The largest absolute Gasteiger partial charge is 0.326 e. The molecule has 1 saturated heterocycles. The van der Waals surface area contributed by atoms with Gasteiger partial charge in [0, 0.05) is 19.1 Å². The van der Waals surface area contributed by atoms with Gasteiger partial charge < -0.3 is 5.73 Å². The molecule has 1 aromatic carbocycles. The normalized spacial score (nSPS) is 20.7. The van der Waals surface area contributed by atoms with E-state index in [2.05, 4.69) is 0 Å². The Kier molecular flexibility index (Phi) is 4.78. The number of halogens is 1. The molecular formula is C12H19ClN2O2S. The average molecular weight is 291 g/mol. The third kappa shape index (κ3) is 2.85. The maximum atomic E-state index is 12.4. The second-order valence-electron chi connectivity index (χ2n) is 4.68. The summed E-state index contributed by atoms with van der Waals surface area (Å²) in [6.07, 6.45) is 0.740. The van der Waals surface area contributed by atoms with Crippen LogP contribution in [0.4, 0.5) is 0 Å². The molecule has 102 valence electrons. The minimum Gasteiger partial charge on any atom is -0.326 e. The number of sulfonamides is 1. The standard InChI is InChI=1S/C12H18N2O2S.ClH/c1-9-3-4-10(2)12(7-9)17(15,16)14-6-5-11(13)8-14;/h3-4,7,11H,5-6,8,13H2,1-2H3;1H/t11-;/m1./s1. The molecular weight excluding hydrogens is 272 g/mol. The summed E-state index contributed by atoms with van der Waals surface area (Å²) in [4.78, 5) is 0.409. The van der Waals surface area contributed by atoms with E-state index in [1.54, 1.807) is 6.07 Å². The first-order valence-corrected chi connectivity index (χ1v) is 7.18. The molecule has 0 aliphatic carbocycles. The van der Waals surface area contributed by atoms with Gasteiger partial charge in [0.2, 0.25) is 10.0 Å². The summed E-state index contributed by atoms with van der Waals surface area (Å²) < 4.78 is 26.3. The summed E-state index contributed by atoms with van der Waals surface area (Å²) in [5, 5.41) is 0. The lowest BCUT2D eigenvalue weighted by Gasteiger charge is -2.17. The molecule has 2 N–H and O–H groups in total. The average Bonchev–Trinajstić information content (AvgIpc) is 2.69. The van der Waals surface area contributed by atoms with Crippen LogP contribution in [0.15, 0.2) is 23.1 Å². The molecule has 18 heavy (non-hydrogen) atoms. The van der Waals surface area contributed by atoms with Crippen LogP contribution >= 0.6 is 12.4 Å². The maximum Gasteiger partial charge on any atom is 0.243 e. The zero-order valence-electron chi connectivity index (χ0n) is 10.6. The van der Waals surface area contributed by atoms with E-state index >= 15 is 0 Å². The van der Waals surface area contributed by atoms with Gasteiger partial charge in [-0.2, -0.15) is 4.31 Å². The number of benzene rings is 1. The van der Waals surface area contributed by atoms with Crippen molar-refractivity contribution in [3.8, 4) is 0 Å². The molecule has 1 aromatic rings. The van der Waals surface area contributed by atoms with Crippen molar-refractivity contribution in [2.75, 3.05) is 13.1 Å². The van der Waals surface area contributed by atoms with Crippen LogP contribution in [0.5, 0.6) is 0 Å². The molecule has 0 aromatic heterocycles. The highest BCUT2D eigenvalue weighted by Crippen LogP contribution is 2.24. The van der Waals surface area contributed by atoms with Crippen molar-refractivity contribution in [2.24, 2.45) is 5.73 Å². The van der Waals surface area contributed by atoms with Gasteiger partial charge in [0.1, 0.15) is 0 Å². The molecule has 4 nitrogen and oxygen atoms in total. The Balaban J connectivity index is 0.00000162. The highest BCUT2D eigenvalue weighted by atomic mass is 35.5. The maximum absolute atomic E-state index is 12.4. The topological polar surface area (TPSA) is 63.4 Å². The van der Waals surface area contributed by atoms with Crippen molar-refractivity contribution in [1.29, 1.82) is 0 Å². The fourth-order valence-corrected chi connectivity index (χ4v) is 3.92. The number of nitrogens with two attached hydrogens (primary N) is 1. The van der Waals surface area contributed by atoms with E-state index < -0.39 is 10.0 Å². The summed E-state index contributed by atoms with van der Waals surface area (Å²) >= 11 is 0. The first kappa shape index (κ1) is 15.4. The van der Waals surface area contributed by atoms with Crippen molar-refractivity contribution in [1.82, 2.24) is 4.31 Å². The Labute approximate surface area is 115 Å². The van der Waals surface area contributed by atoms with Crippen LogP contribution in [0.1, 0.15) is 17.5 Å². The van der Waals surface area contributed by atoms with E-state index in [-0.39, 0.29) is 18.4 Å². The number of hydrogen-bond acceptors (Lipinski definition) is 3. The lowest BCUT2D eigenvalue weighted by Crippen LogP contribution is -2.32. The summed E-state index contributed by atoms with van der Waals surface area (Å²) in [6.45, 7) is 4.67. The van der Waals surface area contributed by atoms with Gasteiger partial charge in [0.15, 0.2) is 0 Å². The zero-order chi connectivity index (χ0) is 12.6. The predicted octanol–water partition coefficient (Wildman–Crippen LogP) is 1.45. The van der Waals surface area contributed by atoms with Gasteiger partial charge in [0.05, 0.1) is 4.90 Å². The molecule has 6 heteroatoms. The predicted molar refractivity (Wildman–Crippen MR) is 74.5 cm³/mol. The Morgan fingerprint density at radius 2 is 2.00 bits per heavy atom. The summed E-state index contributed by atoms with van der Waals surface area (Å²) in [6, 6.07) is 5.46. The zero-order valence-corrected chi connectivity index (χ0v) is 12.2. The molecule has 0 saturated carbocycles. The summed E-state index contributed by atoms with van der Waals surface area (Å²) in [7, 11) is -3.37. The highest BCUT2D eigenvalue weighted by molar-refractivity contribution is 7.89. The number of hydrogen-bond donors (Lipinski definition) is 1. The molecule has 1 heterocycles. The second kappa shape index (κ2) is 5.57. The smallest absolute Gasteiger partial charge is 0.243 e. The van der Waals surface area contributed by atoms with Crippen LogP contribution in [0, 0.1) is 13.8 Å². The van der Waals surface area contributed by atoms with E-state index in [1.807, 2.05) is 26.0 Å². The summed E-state index contributed by atoms with van der Waals surface area (Å²) in [5.41, 5.74) is 7.51. The summed E-state index contributed by atoms with van der Waals surface area (Å²) in [5.74, 6) is 0. The molecule has 1 atom stereocenters. The van der Waals surface area contributed by atoms with Gasteiger partial charge in [0.25, 0.3) is 0 Å². The fraction of sp³-hybridized carbons (Fsp3) is 0.500. The molecule has 1 aliphatic rings. The molecule has 0 amide bonds. The number of rotatable bonds is 2. The van der Waals surface area contributed by atoms with E-state index in [9.17, 15) is 8.42 Å². The van der Waals surface area contributed by atoms with E-state index in [0.717, 1.165) is 17.5 Å². The second-order valence-corrected chi connectivity index (χ2v) is 6.59. The molecule has 1 fully saturated rings. The highest BCUT2D eigenvalue weighted by Gasteiger charge is 2.31. The molecule has 0 radical (unpaired) electrons. The molecule has 0 spiro atoms. The van der Waals surface area contributed by atoms with Crippen molar-refractivity contribution in [3.05, 3.63) is 29.3 Å². The van der Waals surface area contributed by atoms with Crippen LogP contribution in [-0.2, 0) is 10.0 Å². The molecule has 0 unspecified atom stereocenters. The molecule has 0 bridgehead atoms. The minimum absolute atomic E-state index is 0. The van der Waals surface area contributed by atoms with Crippen LogP contribution in [-0.4, -0.2) is 31.9 Å². The van der Waals surface area contributed by atoms with Crippen molar-refractivity contribution in [3.63, 3.8) is 0 Å². The van der Waals surface area contributed by atoms with E-state index in [1.165, 1.54) is 4.31 Å². The van der Waals surface area contributed by atoms with Crippen LogP contribution in [0.25, 0.3) is 0 Å². The fourth-order valence-electron chi connectivity index (χ4n) is 2.10. The van der Waals surface area contributed by atoms with Crippen molar-refractivity contribution < 1.29 is 8.42 Å². The van der Waals surface area contributed by atoms with Gasteiger partial charge in [-0.05, 0) is 37.5 Å². The Bertz CT molecular complexity index is 531. The van der Waals surface area contributed by atoms with Gasteiger partial charge in [-0.1, -0.05) is 12.1 Å². The quantitative estimate of drug-likeness (QED) is 0.896. The number of nitrogens with zero attached hydrogens (tertiary/aromatic N) is 1. The van der Waals surface area contributed by atoms with Gasteiger partial charge in [-0.25, -0.2) is 8.42 Å². The first-order valence-electron chi connectivity index (χ1n) is 5.74. The monoisotopic (exact) mass is 290 g/mol. The third-order valence-electron chi connectivity index (χ3n) is 3.15. The van der Waals surface area contributed by atoms with Crippen molar-refractivity contribution in [2.45, 2.75) is 31.2 Å². The lowest BCUT2D eigenvalue weighted by atomic mass is 10.2. The molecule has 2 rings (SSSR count). The van der Waals surface area contributed by atoms with Crippen molar-refractivity contribution >= 4 is 22.4 Å². The van der Waals surface area contributed by atoms with Crippen LogP contribution < -0.4 is 5.73 Å². The Hall–Kier alpha value is -0.620. The van der Waals surface area contributed by atoms with Gasteiger partial charge in [-0.3, -0.25) is 0 Å². The van der Waals surface area contributed by atoms with Crippen LogP contribution in [0.2, 0.25) is 0 Å². The van der Waals surface area contributed by atoms with E-state index in [4.69, 9.17) is 5.73 Å². The Morgan fingerprint density at radius 1 is 1.33 bits per heavy atom. The Morgan fingerprint density at radius 3 is 2.56 bits per heavy atom. The van der Waals surface area contributed by atoms with E-state index in [0.29, 0.717) is 18.0 Å². The molecule has 1 aliphatic heterocycles. The van der Waals surface area contributed by atoms with Crippen LogP contribution in [0.3, 0.4) is 0 Å². The SMILES string of the molecule is Cc1ccc(C)c(S(=O)(=O)N2CC[C@@H](N)C2)c1.Cl. The number of aryl methyl sites for hydroxylation is 2. The minimum atomic E-state index is -3.37. The third-order valence-corrected chi connectivity index (χ3v) is 5.16. The lowest BCUT2D eigenvalue weighted by molar-refractivity contribution is 0.472. The van der Waals surface area contributed by atoms with Gasteiger partial charge >= 0.3 is 0 Å².